The summed E-state index contributed by atoms with van der Waals surface area (Å²) in [6.45, 7) is 4.29. The summed E-state index contributed by atoms with van der Waals surface area (Å²) in [4.78, 5) is 13.2. The second kappa shape index (κ2) is 7.07. The fraction of sp³-hybridized carbons (Fsp3) is 0.235. The maximum Gasteiger partial charge on any atom is 0.251 e. The van der Waals surface area contributed by atoms with Crippen LogP contribution in [0.3, 0.4) is 0 Å². The van der Waals surface area contributed by atoms with Crippen molar-refractivity contribution in [1.29, 1.82) is 0 Å². The summed E-state index contributed by atoms with van der Waals surface area (Å²) in [6.07, 6.45) is 0. The van der Waals surface area contributed by atoms with E-state index in [0.717, 1.165) is 21.6 Å². The number of rotatable bonds is 3. The molecule has 21 heavy (non-hydrogen) atoms. The molecule has 1 amide bonds. The third-order valence-corrected chi connectivity index (χ3v) is 3.95. The van der Waals surface area contributed by atoms with Gasteiger partial charge < -0.3 is 10.4 Å². The van der Waals surface area contributed by atoms with Crippen LogP contribution in [0, 0.1) is 25.7 Å². The zero-order valence-corrected chi connectivity index (χ0v) is 12.9. The van der Waals surface area contributed by atoms with Crippen LogP contribution < -0.4 is 5.32 Å². The molecule has 1 heterocycles. The molecule has 2 N–H and O–H groups in total. The Labute approximate surface area is 128 Å². The number of carbonyl (C=O) groups excluding carboxylic acids is 1. The maximum absolute atomic E-state index is 12.2. The number of benzene rings is 1. The second-order valence-corrected chi connectivity index (χ2v) is 5.76. The molecule has 2 aromatic rings. The Morgan fingerprint density at radius 2 is 2.14 bits per heavy atom. The van der Waals surface area contributed by atoms with Crippen LogP contribution in [-0.2, 0) is 6.54 Å². The average molecular weight is 299 g/mol. The molecule has 0 spiro atoms. The van der Waals surface area contributed by atoms with Crippen LogP contribution in [0.5, 0.6) is 0 Å². The number of hydrogen-bond donors (Lipinski definition) is 2. The molecule has 0 saturated heterocycles. The first-order valence-corrected chi connectivity index (χ1v) is 7.50. The van der Waals surface area contributed by atoms with Crippen molar-refractivity contribution in [2.45, 2.75) is 20.4 Å². The van der Waals surface area contributed by atoms with Gasteiger partial charge in [0.1, 0.15) is 6.61 Å². The molecule has 0 radical (unpaired) electrons. The third kappa shape index (κ3) is 4.19. The number of thiophene rings is 1. The second-order valence-electron chi connectivity index (χ2n) is 4.76. The van der Waals surface area contributed by atoms with Crippen molar-refractivity contribution in [3.63, 3.8) is 0 Å². The van der Waals surface area contributed by atoms with Crippen LogP contribution in [0.4, 0.5) is 0 Å². The number of nitrogens with one attached hydrogen (secondary N) is 1. The number of aryl methyl sites for hydroxylation is 2. The van der Waals surface area contributed by atoms with Gasteiger partial charge in [0, 0.05) is 21.4 Å². The van der Waals surface area contributed by atoms with Crippen molar-refractivity contribution >= 4 is 17.2 Å². The highest BCUT2D eigenvalue weighted by Gasteiger charge is 2.09. The van der Waals surface area contributed by atoms with Crippen LogP contribution in [0.1, 0.15) is 31.9 Å². The summed E-state index contributed by atoms with van der Waals surface area (Å²) >= 11 is 1.54. The van der Waals surface area contributed by atoms with Gasteiger partial charge in [0.2, 0.25) is 0 Å². The van der Waals surface area contributed by atoms with E-state index in [4.69, 9.17) is 5.11 Å². The molecule has 3 nitrogen and oxygen atoms in total. The first kappa shape index (κ1) is 15.3. The lowest BCUT2D eigenvalue weighted by Gasteiger charge is -2.07. The Hall–Kier alpha value is -2.09. The van der Waals surface area contributed by atoms with Gasteiger partial charge in [-0.3, -0.25) is 4.79 Å². The lowest BCUT2D eigenvalue weighted by atomic mass is 10.1. The van der Waals surface area contributed by atoms with Crippen molar-refractivity contribution in [3.05, 3.63) is 56.8 Å². The Morgan fingerprint density at radius 3 is 2.86 bits per heavy atom. The number of carbonyl (C=O) groups is 1. The zero-order chi connectivity index (χ0) is 15.2. The molecule has 1 aromatic carbocycles. The average Bonchev–Trinajstić information content (AvgIpc) is 2.90. The summed E-state index contributed by atoms with van der Waals surface area (Å²) in [5.74, 6) is 5.39. The molecule has 0 aliphatic rings. The molecular weight excluding hydrogens is 282 g/mol. The Bertz CT molecular complexity index is 707. The number of hydrogen-bond acceptors (Lipinski definition) is 3. The number of aliphatic hydroxyl groups is 1. The van der Waals surface area contributed by atoms with Crippen molar-refractivity contribution in [3.8, 4) is 11.8 Å². The zero-order valence-electron chi connectivity index (χ0n) is 12.1. The largest absolute Gasteiger partial charge is 0.384 e. The van der Waals surface area contributed by atoms with E-state index >= 15 is 0 Å². The summed E-state index contributed by atoms with van der Waals surface area (Å²) in [6, 6.07) is 7.72. The Balaban J connectivity index is 1.99. The van der Waals surface area contributed by atoms with Crippen LogP contribution in [0.25, 0.3) is 0 Å². The van der Waals surface area contributed by atoms with Crippen molar-refractivity contribution in [2.24, 2.45) is 0 Å². The number of aliphatic hydroxyl groups excluding tert-OH is 1. The van der Waals surface area contributed by atoms with E-state index in [9.17, 15) is 4.79 Å². The molecule has 0 aliphatic heterocycles. The minimum Gasteiger partial charge on any atom is -0.384 e. The first-order valence-electron chi connectivity index (χ1n) is 6.62. The molecule has 4 heteroatoms. The first-order chi connectivity index (χ1) is 10.1. The van der Waals surface area contributed by atoms with E-state index < -0.39 is 0 Å². The van der Waals surface area contributed by atoms with Gasteiger partial charge in [-0.05, 0) is 31.5 Å². The highest BCUT2D eigenvalue weighted by Crippen LogP contribution is 2.15. The Morgan fingerprint density at radius 1 is 1.33 bits per heavy atom. The molecule has 0 saturated carbocycles. The molecule has 108 valence electrons. The highest BCUT2D eigenvalue weighted by molar-refractivity contribution is 7.10. The summed E-state index contributed by atoms with van der Waals surface area (Å²) < 4.78 is 0. The van der Waals surface area contributed by atoms with Gasteiger partial charge >= 0.3 is 0 Å². The van der Waals surface area contributed by atoms with E-state index in [1.54, 1.807) is 11.3 Å². The Kier molecular flexibility index (Phi) is 5.15. The van der Waals surface area contributed by atoms with Crippen LogP contribution in [0.2, 0.25) is 0 Å². The number of amides is 1. The predicted octanol–water partition coefficient (Wildman–Crippen LogP) is 2.64. The van der Waals surface area contributed by atoms with Gasteiger partial charge in [-0.2, -0.15) is 0 Å². The standard InChI is InChI=1S/C17H17NO2S/c1-12-5-6-16(13(2)8-12)17(20)18-10-15-9-14(11-21-15)4-3-7-19/h5-6,8-9,11,19H,7,10H2,1-2H3,(H,18,20). The van der Waals surface area contributed by atoms with E-state index in [0.29, 0.717) is 12.1 Å². The molecule has 0 bridgehead atoms. The topological polar surface area (TPSA) is 49.3 Å². The minimum absolute atomic E-state index is 0.0658. The van der Waals surface area contributed by atoms with E-state index in [-0.39, 0.29) is 12.5 Å². The van der Waals surface area contributed by atoms with Crippen LogP contribution in [0.15, 0.2) is 29.6 Å². The quantitative estimate of drug-likeness (QED) is 0.856. The minimum atomic E-state index is -0.144. The molecule has 2 rings (SSSR count). The predicted molar refractivity (Wildman–Crippen MR) is 85.4 cm³/mol. The van der Waals surface area contributed by atoms with Gasteiger partial charge in [0.05, 0.1) is 6.54 Å². The van der Waals surface area contributed by atoms with E-state index in [2.05, 4.69) is 17.2 Å². The van der Waals surface area contributed by atoms with Crippen molar-refractivity contribution < 1.29 is 9.90 Å². The summed E-state index contributed by atoms with van der Waals surface area (Å²) in [7, 11) is 0. The van der Waals surface area contributed by atoms with Gasteiger partial charge in [-0.1, -0.05) is 29.5 Å². The van der Waals surface area contributed by atoms with Gasteiger partial charge in [-0.25, -0.2) is 0 Å². The van der Waals surface area contributed by atoms with E-state index in [1.165, 1.54) is 0 Å². The van der Waals surface area contributed by atoms with Gasteiger partial charge in [-0.15, -0.1) is 11.3 Å². The third-order valence-electron chi connectivity index (χ3n) is 3.02. The van der Waals surface area contributed by atoms with Crippen molar-refractivity contribution in [2.75, 3.05) is 6.61 Å². The maximum atomic E-state index is 12.2. The molecule has 0 aliphatic carbocycles. The van der Waals surface area contributed by atoms with Crippen LogP contribution >= 0.6 is 11.3 Å². The van der Waals surface area contributed by atoms with Gasteiger partial charge in [0.25, 0.3) is 5.91 Å². The molecule has 1 aromatic heterocycles. The highest BCUT2D eigenvalue weighted by atomic mass is 32.1. The molecule has 0 fully saturated rings. The SMILES string of the molecule is Cc1ccc(C(=O)NCc2cc(C#CCO)cs2)c(C)c1. The normalized spacial score (nSPS) is 9.86. The van der Waals surface area contributed by atoms with Crippen LogP contribution in [-0.4, -0.2) is 17.6 Å². The summed E-state index contributed by atoms with van der Waals surface area (Å²) in [5, 5.41) is 13.5. The fourth-order valence-electron chi connectivity index (χ4n) is 2.01. The molecular formula is C17H17NO2S. The molecule has 0 atom stereocenters. The summed E-state index contributed by atoms with van der Waals surface area (Å²) in [5.41, 5.74) is 3.70. The van der Waals surface area contributed by atoms with Crippen molar-refractivity contribution in [1.82, 2.24) is 5.32 Å². The lowest BCUT2D eigenvalue weighted by Crippen LogP contribution is -2.23. The molecule has 0 unspecified atom stereocenters. The monoisotopic (exact) mass is 299 g/mol. The van der Waals surface area contributed by atoms with E-state index in [1.807, 2.05) is 43.5 Å². The lowest BCUT2D eigenvalue weighted by molar-refractivity contribution is 0.0950. The van der Waals surface area contributed by atoms with Gasteiger partial charge in [0.15, 0.2) is 0 Å². The smallest absolute Gasteiger partial charge is 0.251 e. The fourth-order valence-corrected chi connectivity index (χ4v) is 2.77.